The molecule has 26 heavy (non-hydrogen) atoms. The second kappa shape index (κ2) is 6.49. The molecule has 5 heteroatoms. The van der Waals surface area contributed by atoms with Crippen molar-refractivity contribution in [2.45, 2.75) is 25.4 Å². The first kappa shape index (κ1) is 16.0. The fourth-order valence-corrected chi connectivity index (χ4v) is 5.26. The lowest BCUT2D eigenvalue weighted by Gasteiger charge is -2.42. The molecule has 4 nitrogen and oxygen atoms in total. The zero-order chi connectivity index (χ0) is 17.5. The number of rotatable bonds is 3. The Labute approximate surface area is 156 Å². The molecule has 0 aliphatic carbocycles. The number of piperidine rings is 1. The molecular weight excluding hydrogens is 342 g/mol. The normalized spacial score (nSPS) is 22.2. The lowest BCUT2D eigenvalue weighted by Crippen LogP contribution is -2.46. The van der Waals surface area contributed by atoms with Crippen LogP contribution in [0.25, 0.3) is 10.6 Å². The molecule has 0 amide bonds. The number of hydrogen-bond donors (Lipinski definition) is 0. The molecule has 5 rings (SSSR count). The van der Waals surface area contributed by atoms with Gasteiger partial charge in [-0.05, 0) is 18.4 Å². The molecule has 2 bridgehead atoms. The van der Waals surface area contributed by atoms with Crippen LogP contribution in [0, 0.1) is 5.92 Å². The third-order valence-corrected chi connectivity index (χ3v) is 6.45. The maximum atomic E-state index is 12.1. The van der Waals surface area contributed by atoms with Crippen LogP contribution in [0.5, 0.6) is 0 Å². The van der Waals surface area contributed by atoms with Gasteiger partial charge in [0.05, 0.1) is 5.69 Å². The van der Waals surface area contributed by atoms with E-state index < -0.39 is 0 Å². The smallest absolute Gasteiger partial charge is 0.250 e. The zero-order valence-electron chi connectivity index (χ0n) is 14.5. The number of fused-ring (bicyclic) bond motifs is 4. The molecule has 1 fully saturated rings. The Bertz CT molecular complexity index is 978. The average molecular weight is 363 g/mol. The number of pyridine rings is 1. The minimum atomic E-state index is 0.151. The summed E-state index contributed by atoms with van der Waals surface area (Å²) in [5.41, 5.74) is 3.70. The first-order valence-electron chi connectivity index (χ1n) is 9.18. The fraction of sp³-hybridized carbons (Fsp3) is 0.333. The van der Waals surface area contributed by atoms with Gasteiger partial charge in [0.1, 0.15) is 5.01 Å². The van der Waals surface area contributed by atoms with Gasteiger partial charge in [0.15, 0.2) is 0 Å². The Morgan fingerprint density at radius 2 is 1.92 bits per heavy atom. The van der Waals surface area contributed by atoms with Crippen molar-refractivity contribution in [1.29, 1.82) is 0 Å². The van der Waals surface area contributed by atoms with Gasteiger partial charge in [-0.1, -0.05) is 36.4 Å². The average Bonchev–Trinajstić information content (AvgIpc) is 3.12. The van der Waals surface area contributed by atoms with E-state index in [0.29, 0.717) is 11.8 Å². The van der Waals surface area contributed by atoms with E-state index in [-0.39, 0.29) is 5.56 Å². The van der Waals surface area contributed by atoms with E-state index in [1.54, 1.807) is 17.4 Å². The summed E-state index contributed by atoms with van der Waals surface area (Å²) in [7, 11) is 0. The number of likely N-dealkylation sites (tertiary alicyclic amines) is 1. The summed E-state index contributed by atoms with van der Waals surface area (Å²) in [5, 5.41) is 3.28. The Kier molecular flexibility index (Phi) is 3.98. The molecule has 1 aromatic carbocycles. The molecular formula is C21H21N3OS. The Hall–Kier alpha value is -2.24. The Morgan fingerprint density at radius 1 is 1.04 bits per heavy atom. The predicted octanol–water partition coefficient (Wildman–Crippen LogP) is 3.59. The van der Waals surface area contributed by atoms with Gasteiger partial charge >= 0.3 is 0 Å². The Morgan fingerprint density at radius 3 is 2.81 bits per heavy atom. The van der Waals surface area contributed by atoms with Gasteiger partial charge in [-0.2, -0.15) is 0 Å². The van der Waals surface area contributed by atoms with Crippen molar-refractivity contribution in [3.8, 4) is 10.6 Å². The van der Waals surface area contributed by atoms with Crippen LogP contribution in [0.15, 0.2) is 58.7 Å². The maximum absolute atomic E-state index is 12.1. The molecule has 2 aromatic heterocycles. The molecule has 0 spiro atoms. The molecule has 1 saturated heterocycles. The minimum absolute atomic E-state index is 0.151. The summed E-state index contributed by atoms with van der Waals surface area (Å²) in [6.07, 6.45) is 1.20. The van der Waals surface area contributed by atoms with Crippen LogP contribution < -0.4 is 5.56 Å². The summed E-state index contributed by atoms with van der Waals surface area (Å²) in [6.45, 7) is 3.81. The molecule has 0 radical (unpaired) electrons. The van der Waals surface area contributed by atoms with Gasteiger partial charge in [0.2, 0.25) is 0 Å². The largest absolute Gasteiger partial charge is 0.312 e. The van der Waals surface area contributed by atoms with E-state index in [0.717, 1.165) is 36.9 Å². The third-order valence-electron chi connectivity index (χ3n) is 5.51. The van der Waals surface area contributed by atoms with Crippen molar-refractivity contribution in [2.24, 2.45) is 5.92 Å². The molecule has 0 saturated carbocycles. The summed E-state index contributed by atoms with van der Waals surface area (Å²) in [6, 6.07) is 16.1. The predicted molar refractivity (Wildman–Crippen MR) is 104 cm³/mol. The number of hydrogen-bond acceptors (Lipinski definition) is 4. The zero-order valence-corrected chi connectivity index (χ0v) is 15.4. The summed E-state index contributed by atoms with van der Waals surface area (Å²) in [5.74, 6) is 1.03. The SMILES string of the molecule is O=c1cccc2n1CC1CC2CN(Cc2csc(-c3ccccc3)n2)C1. The minimum Gasteiger partial charge on any atom is -0.312 e. The molecule has 4 heterocycles. The van der Waals surface area contributed by atoms with Crippen LogP contribution in [0.3, 0.4) is 0 Å². The maximum Gasteiger partial charge on any atom is 0.250 e. The standard InChI is InChI=1S/C21H21N3OS/c25-20-8-4-7-19-17-9-15(11-24(19)20)10-23(12-17)13-18-14-26-21(22-18)16-5-2-1-3-6-16/h1-8,14-15,17H,9-13H2. The van der Waals surface area contributed by atoms with Crippen LogP contribution in [0.1, 0.15) is 23.7 Å². The van der Waals surface area contributed by atoms with Crippen LogP contribution >= 0.6 is 11.3 Å². The molecule has 2 aliphatic heterocycles. The monoisotopic (exact) mass is 363 g/mol. The van der Waals surface area contributed by atoms with Crippen molar-refractivity contribution in [2.75, 3.05) is 13.1 Å². The third kappa shape index (κ3) is 2.91. The van der Waals surface area contributed by atoms with Gasteiger partial charge in [-0.25, -0.2) is 4.98 Å². The van der Waals surface area contributed by atoms with Crippen LogP contribution in [-0.4, -0.2) is 27.5 Å². The van der Waals surface area contributed by atoms with Gasteiger partial charge in [-0.15, -0.1) is 11.3 Å². The van der Waals surface area contributed by atoms with Crippen LogP contribution in [0.2, 0.25) is 0 Å². The van der Waals surface area contributed by atoms with E-state index in [9.17, 15) is 4.79 Å². The lowest BCUT2D eigenvalue weighted by atomic mass is 9.83. The number of thiazole rings is 1. The molecule has 132 valence electrons. The molecule has 0 N–H and O–H groups in total. The van der Waals surface area contributed by atoms with Crippen molar-refractivity contribution in [3.05, 3.63) is 75.7 Å². The summed E-state index contributed by atoms with van der Waals surface area (Å²) in [4.78, 5) is 19.5. The second-order valence-corrected chi connectivity index (χ2v) is 8.26. The van der Waals surface area contributed by atoms with Crippen LogP contribution in [0.4, 0.5) is 0 Å². The molecule has 3 aromatic rings. The highest BCUT2D eigenvalue weighted by molar-refractivity contribution is 7.13. The van der Waals surface area contributed by atoms with Crippen molar-refractivity contribution in [3.63, 3.8) is 0 Å². The highest BCUT2D eigenvalue weighted by Crippen LogP contribution is 2.35. The van der Waals surface area contributed by atoms with Gasteiger partial charge in [0, 0.05) is 54.8 Å². The molecule has 2 unspecified atom stereocenters. The summed E-state index contributed by atoms with van der Waals surface area (Å²) < 4.78 is 1.99. The fourth-order valence-electron chi connectivity index (χ4n) is 4.45. The van der Waals surface area contributed by atoms with E-state index in [2.05, 4.69) is 40.6 Å². The number of aromatic nitrogens is 2. The van der Waals surface area contributed by atoms with Gasteiger partial charge in [0.25, 0.3) is 5.56 Å². The lowest BCUT2D eigenvalue weighted by molar-refractivity contribution is 0.113. The van der Waals surface area contributed by atoms with Gasteiger partial charge in [-0.3, -0.25) is 9.69 Å². The van der Waals surface area contributed by atoms with Crippen molar-refractivity contribution >= 4 is 11.3 Å². The van der Waals surface area contributed by atoms with E-state index in [4.69, 9.17) is 4.98 Å². The second-order valence-electron chi connectivity index (χ2n) is 7.40. The molecule has 2 atom stereocenters. The highest BCUT2D eigenvalue weighted by atomic mass is 32.1. The van der Waals surface area contributed by atoms with E-state index in [1.165, 1.54) is 17.7 Å². The van der Waals surface area contributed by atoms with Crippen molar-refractivity contribution in [1.82, 2.24) is 14.5 Å². The highest BCUT2D eigenvalue weighted by Gasteiger charge is 2.34. The topological polar surface area (TPSA) is 38.1 Å². The first-order chi connectivity index (χ1) is 12.8. The first-order valence-corrected chi connectivity index (χ1v) is 10.1. The number of nitrogens with zero attached hydrogens (tertiary/aromatic N) is 3. The van der Waals surface area contributed by atoms with E-state index >= 15 is 0 Å². The Balaban J connectivity index is 1.34. The molecule has 2 aliphatic rings. The van der Waals surface area contributed by atoms with Crippen molar-refractivity contribution < 1.29 is 0 Å². The summed E-state index contributed by atoms with van der Waals surface area (Å²) >= 11 is 1.72. The van der Waals surface area contributed by atoms with E-state index in [1.807, 2.05) is 16.7 Å². The quantitative estimate of drug-likeness (QED) is 0.714. The van der Waals surface area contributed by atoms with Gasteiger partial charge < -0.3 is 4.57 Å². The number of benzene rings is 1. The van der Waals surface area contributed by atoms with Crippen LogP contribution in [-0.2, 0) is 13.1 Å².